The summed E-state index contributed by atoms with van der Waals surface area (Å²) in [7, 11) is -1.62. The molecule has 0 bridgehead atoms. The third-order valence-electron chi connectivity index (χ3n) is 4.88. The topological polar surface area (TPSA) is 69.7 Å². The van der Waals surface area contributed by atoms with Gasteiger partial charge in [0.25, 0.3) is 0 Å². The summed E-state index contributed by atoms with van der Waals surface area (Å²) >= 11 is 0. The van der Waals surface area contributed by atoms with E-state index in [-0.39, 0.29) is 30.9 Å². The zero-order valence-corrected chi connectivity index (χ0v) is 17.0. The molecule has 156 valence electrons. The molecule has 1 fully saturated rings. The van der Waals surface area contributed by atoms with Gasteiger partial charge in [0, 0.05) is 31.9 Å². The fourth-order valence-electron chi connectivity index (χ4n) is 3.12. The summed E-state index contributed by atoms with van der Waals surface area (Å²) in [4.78, 5) is 13.9. The van der Waals surface area contributed by atoms with Crippen LogP contribution in [-0.4, -0.2) is 55.6 Å². The fourth-order valence-corrected chi connectivity index (χ4v) is 4.69. The SMILES string of the molecule is CCCS(=O)(=O)N1CC(N(C)C(=O)Nc2ccc(-c3cc(F)cc(F)c3)cc2)C1. The molecule has 2 aromatic rings. The summed E-state index contributed by atoms with van der Waals surface area (Å²) < 4.78 is 52.1. The first-order valence-electron chi connectivity index (χ1n) is 9.28. The molecular weight excluding hydrogens is 400 g/mol. The number of anilines is 1. The molecule has 2 aromatic carbocycles. The van der Waals surface area contributed by atoms with Gasteiger partial charge in [-0.2, -0.15) is 4.31 Å². The molecule has 0 spiro atoms. The number of hydrogen-bond donors (Lipinski definition) is 1. The Labute approximate surface area is 169 Å². The Morgan fingerprint density at radius 2 is 1.69 bits per heavy atom. The minimum Gasteiger partial charge on any atom is -0.322 e. The number of nitrogens with zero attached hydrogens (tertiary/aromatic N) is 2. The van der Waals surface area contributed by atoms with Crippen molar-refractivity contribution in [1.29, 1.82) is 0 Å². The van der Waals surface area contributed by atoms with Crippen LogP contribution in [0.4, 0.5) is 19.3 Å². The molecule has 1 aliphatic rings. The summed E-state index contributed by atoms with van der Waals surface area (Å²) in [5, 5.41) is 2.74. The summed E-state index contributed by atoms with van der Waals surface area (Å²) in [6.07, 6.45) is 0.554. The van der Waals surface area contributed by atoms with Gasteiger partial charge in [-0.1, -0.05) is 19.1 Å². The Balaban J connectivity index is 1.58. The summed E-state index contributed by atoms with van der Waals surface area (Å²) in [6, 6.07) is 9.34. The molecule has 0 radical (unpaired) electrons. The Morgan fingerprint density at radius 3 is 2.24 bits per heavy atom. The van der Waals surface area contributed by atoms with Gasteiger partial charge >= 0.3 is 6.03 Å². The minimum absolute atomic E-state index is 0.108. The number of sulfonamides is 1. The van der Waals surface area contributed by atoms with Crippen LogP contribution in [0.1, 0.15) is 13.3 Å². The normalized spacial score (nSPS) is 15.0. The van der Waals surface area contributed by atoms with Crippen LogP contribution in [0.3, 0.4) is 0 Å². The van der Waals surface area contributed by atoms with Crippen LogP contribution in [0.15, 0.2) is 42.5 Å². The van der Waals surface area contributed by atoms with Crippen molar-refractivity contribution >= 4 is 21.7 Å². The lowest BCUT2D eigenvalue weighted by molar-refractivity contribution is 0.131. The molecule has 0 aliphatic carbocycles. The highest BCUT2D eigenvalue weighted by molar-refractivity contribution is 7.89. The molecule has 1 aliphatic heterocycles. The van der Waals surface area contributed by atoms with E-state index in [9.17, 15) is 22.0 Å². The van der Waals surface area contributed by atoms with Crippen LogP contribution >= 0.6 is 0 Å². The number of urea groups is 1. The van der Waals surface area contributed by atoms with Crippen molar-refractivity contribution in [2.24, 2.45) is 0 Å². The Morgan fingerprint density at radius 1 is 1.10 bits per heavy atom. The van der Waals surface area contributed by atoms with Crippen LogP contribution in [0, 0.1) is 11.6 Å². The Kier molecular flexibility index (Phi) is 6.18. The van der Waals surface area contributed by atoms with Gasteiger partial charge in [0.05, 0.1) is 11.8 Å². The van der Waals surface area contributed by atoms with Crippen LogP contribution in [-0.2, 0) is 10.0 Å². The van der Waals surface area contributed by atoms with E-state index in [2.05, 4.69) is 5.32 Å². The van der Waals surface area contributed by atoms with Crippen molar-refractivity contribution in [3.8, 4) is 11.1 Å². The molecule has 1 N–H and O–H groups in total. The summed E-state index contributed by atoms with van der Waals surface area (Å²) in [6.45, 7) is 2.39. The molecule has 0 saturated carbocycles. The number of likely N-dealkylation sites (N-methyl/N-ethyl adjacent to an activating group) is 1. The third-order valence-corrected chi connectivity index (χ3v) is 6.89. The van der Waals surface area contributed by atoms with Crippen LogP contribution in [0.25, 0.3) is 11.1 Å². The quantitative estimate of drug-likeness (QED) is 0.773. The number of carbonyl (C=O) groups excluding carboxylic acids is 1. The van der Waals surface area contributed by atoms with E-state index in [1.165, 1.54) is 21.3 Å². The number of amides is 2. The van der Waals surface area contributed by atoms with E-state index in [0.717, 1.165) is 6.07 Å². The van der Waals surface area contributed by atoms with Gasteiger partial charge in [0.1, 0.15) is 11.6 Å². The molecular formula is C20H23F2N3O3S. The van der Waals surface area contributed by atoms with E-state index >= 15 is 0 Å². The molecule has 29 heavy (non-hydrogen) atoms. The average Bonchev–Trinajstić information content (AvgIpc) is 2.59. The van der Waals surface area contributed by atoms with Crippen molar-refractivity contribution in [3.05, 3.63) is 54.1 Å². The average molecular weight is 423 g/mol. The van der Waals surface area contributed by atoms with Crippen molar-refractivity contribution in [1.82, 2.24) is 9.21 Å². The predicted octanol–water partition coefficient (Wildman–Crippen LogP) is 3.52. The second-order valence-corrected chi connectivity index (χ2v) is 9.15. The monoisotopic (exact) mass is 423 g/mol. The third kappa shape index (κ3) is 4.91. The zero-order chi connectivity index (χ0) is 21.2. The van der Waals surface area contributed by atoms with Gasteiger partial charge in [-0.3, -0.25) is 0 Å². The fraction of sp³-hybridized carbons (Fsp3) is 0.350. The largest absolute Gasteiger partial charge is 0.322 e. The lowest BCUT2D eigenvalue weighted by Crippen LogP contribution is -2.62. The number of hydrogen-bond acceptors (Lipinski definition) is 3. The van der Waals surface area contributed by atoms with E-state index < -0.39 is 21.7 Å². The second kappa shape index (κ2) is 8.46. The highest BCUT2D eigenvalue weighted by atomic mass is 32.2. The molecule has 9 heteroatoms. The zero-order valence-electron chi connectivity index (χ0n) is 16.2. The van der Waals surface area contributed by atoms with Crippen LogP contribution in [0.5, 0.6) is 0 Å². The molecule has 1 heterocycles. The van der Waals surface area contributed by atoms with Gasteiger partial charge in [-0.15, -0.1) is 0 Å². The first kappa shape index (κ1) is 21.2. The number of halogens is 2. The first-order valence-corrected chi connectivity index (χ1v) is 10.9. The highest BCUT2D eigenvalue weighted by Gasteiger charge is 2.38. The first-order chi connectivity index (χ1) is 13.7. The second-order valence-electron chi connectivity index (χ2n) is 7.06. The minimum atomic E-state index is -3.24. The molecule has 6 nitrogen and oxygen atoms in total. The number of nitrogens with one attached hydrogen (secondary N) is 1. The predicted molar refractivity (Wildman–Crippen MR) is 108 cm³/mol. The maximum atomic E-state index is 13.4. The number of carbonyl (C=O) groups is 1. The number of rotatable bonds is 6. The van der Waals surface area contributed by atoms with Crippen molar-refractivity contribution < 1.29 is 22.0 Å². The van der Waals surface area contributed by atoms with Gasteiger partial charge in [-0.25, -0.2) is 22.0 Å². The standard InChI is InChI=1S/C20H23F2N3O3S/c1-3-8-29(27,28)25-12-19(13-25)24(2)20(26)23-18-6-4-14(5-7-18)15-9-16(21)11-17(22)10-15/h4-7,9-11,19H,3,8,12-13H2,1-2H3,(H,23,26). The van der Waals surface area contributed by atoms with Crippen molar-refractivity contribution in [3.63, 3.8) is 0 Å². The van der Waals surface area contributed by atoms with E-state index in [0.29, 0.717) is 23.2 Å². The highest BCUT2D eigenvalue weighted by Crippen LogP contribution is 2.24. The smallest absolute Gasteiger partial charge is 0.321 e. The molecule has 2 amide bonds. The molecule has 3 rings (SSSR count). The van der Waals surface area contributed by atoms with Gasteiger partial charge in [0.2, 0.25) is 10.0 Å². The molecule has 0 unspecified atom stereocenters. The maximum absolute atomic E-state index is 13.4. The van der Waals surface area contributed by atoms with Crippen LogP contribution < -0.4 is 5.32 Å². The van der Waals surface area contributed by atoms with E-state index in [4.69, 9.17) is 0 Å². The van der Waals surface area contributed by atoms with E-state index in [1.807, 2.05) is 6.92 Å². The van der Waals surface area contributed by atoms with Crippen molar-refractivity contribution in [2.45, 2.75) is 19.4 Å². The molecule has 0 aromatic heterocycles. The number of benzene rings is 2. The van der Waals surface area contributed by atoms with Gasteiger partial charge < -0.3 is 10.2 Å². The van der Waals surface area contributed by atoms with Gasteiger partial charge in [-0.05, 0) is 41.8 Å². The van der Waals surface area contributed by atoms with Gasteiger partial charge in [0.15, 0.2) is 0 Å². The summed E-state index contributed by atoms with van der Waals surface area (Å²) in [5.74, 6) is -1.21. The van der Waals surface area contributed by atoms with Crippen molar-refractivity contribution in [2.75, 3.05) is 31.2 Å². The molecule has 1 saturated heterocycles. The lowest BCUT2D eigenvalue weighted by Gasteiger charge is -2.42. The van der Waals surface area contributed by atoms with Crippen LogP contribution in [0.2, 0.25) is 0 Å². The Hall–Kier alpha value is -2.52. The van der Waals surface area contributed by atoms with E-state index in [1.54, 1.807) is 31.3 Å². The molecule has 0 atom stereocenters. The Bertz CT molecular complexity index is 970. The summed E-state index contributed by atoms with van der Waals surface area (Å²) in [5.41, 5.74) is 1.54. The lowest BCUT2D eigenvalue weighted by atomic mass is 10.1. The maximum Gasteiger partial charge on any atom is 0.321 e.